The molecule has 0 bridgehead atoms. The van der Waals surface area contributed by atoms with E-state index in [2.05, 4.69) is 10.4 Å². The quantitative estimate of drug-likeness (QED) is 0.886. The molecule has 6 heteroatoms. The number of carbonyl (C=O) groups excluding carboxylic acids is 1. The fraction of sp³-hybridized carbons (Fsp3) is 0.231. The van der Waals surface area contributed by atoms with E-state index in [9.17, 15) is 14.3 Å². The van der Waals surface area contributed by atoms with E-state index < -0.39 is 11.7 Å². The molecule has 1 amide bonds. The average Bonchev–Trinajstić information content (AvgIpc) is 2.75. The molecule has 100 valence electrons. The van der Waals surface area contributed by atoms with Gasteiger partial charge in [-0.3, -0.25) is 9.48 Å². The van der Waals surface area contributed by atoms with Crippen molar-refractivity contribution in [3.63, 3.8) is 0 Å². The Bertz CT molecular complexity index is 610. The number of halogens is 1. The maximum atomic E-state index is 12.8. The normalized spacial score (nSPS) is 12.2. The summed E-state index contributed by atoms with van der Waals surface area (Å²) in [6.45, 7) is 1.80. The highest BCUT2D eigenvalue weighted by Gasteiger charge is 2.16. The van der Waals surface area contributed by atoms with Crippen molar-refractivity contribution in [1.82, 2.24) is 15.1 Å². The zero-order chi connectivity index (χ0) is 14.0. The number of aryl methyl sites for hydroxylation is 1. The SMILES string of the molecule is CC(NC(=O)c1ccc(F)cc1O)c1cnn(C)c1. The Morgan fingerprint density at radius 2 is 2.26 bits per heavy atom. The first-order valence-corrected chi connectivity index (χ1v) is 5.75. The molecule has 0 saturated carbocycles. The highest BCUT2D eigenvalue weighted by molar-refractivity contribution is 5.96. The molecule has 1 unspecified atom stereocenters. The summed E-state index contributed by atoms with van der Waals surface area (Å²) in [5.74, 6) is -1.43. The van der Waals surface area contributed by atoms with Gasteiger partial charge < -0.3 is 10.4 Å². The summed E-state index contributed by atoms with van der Waals surface area (Å²) in [5, 5.41) is 16.3. The van der Waals surface area contributed by atoms with Gasteiger partial charge in [-0.05, 0) is 19.1 Å². The molecular weight excluding hydrogens is 249 g/mol. The number of rotatable bonds is 3. The molecule has 1 heterocycles. The predicted octanol–water partition coefficient (Wildman–Crippen LogP) is 1.76. The molecule has 1 aromatic heterocycles. The summed E-state index contributed by atoms with van der Waals surface area (Å²) in [6, 6.07) is 3.02. The van der Waals surface area contributed by atoms with Crippen molar-refractivity contribution in [1.29, 1.82) is 0 Å². The lowest BCUT2D eigenvalue weighted by Crippen LogP contribution is -2.26. The Balaban J connectivity index is 2.12. The highest BCUT2D eigenvalue weighted by atomic mass is 19.1. The molecule has 0 radical (unpaired) electrons. The molecule has 1 aromatic carbocycles. The second-order valence-corrected chi connectivity index (χ2v) is 4.30. The van der Waals surface area contributed by atoms with Gasteiger partial charge in [0.2, 0.25) is 0 Å². The van der Waals surface area contributed by atoms with Crippen LogP contribution >= 0.6 is 0 Å². The number of nitrogens with zero attached hydrogens (tertiary/aromatic N) is 2. The highest BCUT2D eigenvalue weighted by Crippen LogP contribution is 2.19. The lowest BCUT2D eigenvalue weighted by molar-refractivity contribution is 0.0937. The molecule has 0 fully saturated rings. The Morgan fingerprint density at radius 3 is 2.84 bits per heavy atom. The van der Waals surface area contributed by atoms with Gasteiger partial charge in [0.25, 0.3) is 5.91 Å². The van der Waals surface area contributed by atoms with Crippen LogP contribution in [-0.2, 0) is 7.05 Å². The van der Waals surface area contributed by atoms with Crippen LogP contribution in [0.25, 0.3) is 0 Å². The standard InChI is InChI=1S/C13H14FN3O2/c1-8(9-6-15-17(2)7-9)16-13(19)11-4-3-10(14)5-12(11)18/h3-8,18H,1-2H3,(H,16,19). The summed E-state index contributed by atoms with van der Waals surface area (Å²) in [4.78, 5) is 11.9. The van der Waals surface area contributed by atoms with Crippen molar-refractivity contribution in [2.75, 3.05) is 0 Å². The number of phenols is 1. The molecule has 2 rings (SSSR count). The smallest absolute Gasteiger partial charge is 0.255 e. The number of phenolic OH excluding ortho intramolecular Hbond substituents is 1. The van der Waals surface area contributed by atoms with E-state index >= 15 is 0 Å². The molecule has 19 heavy (non-hydrogen) atoms. The van der Waals surface area contributed by atoms with Gasteiger partial charge in [0.05, 0.1) is 17.8 Å². The summed E-state index contributed by atoms with van der Waals surface area (Å²) < 4.78 is 14.5. The van der Waals surface area contributed by atoms with Crippen LogP contribution in [0.2, 0.25) is 0 Å². The van der Waals surface area contributed by atoms with Crippen LogP contribution in [-0.4, -0.2) is 20.8 Å². The zero-order valence-electron chi connectivity index (χ0n) is 10.6. The van der Waals surface area contributed by atoms with Crippen molar-refractivity contribution in [3.05, 3.63) is 47.5 Å². The lowest BCUT2D eigenvalue weighted by Gasteiger charge is -2.12. The minimum atomic E-state index is -0.589. The van der Waals surface area contributed by atoms with Crippen molar-refractivity contribution >= 4 is 5.91 Å². The van der Waals surface area contributed by atoms with Gasteiger partial charge in [0.1, 0.15) is 11.6 Å². The number of amides is 1. The molecule has 0 aliphatic rings. The minimum Gasteiger partial charge on any atom is -0.507 e. The topological polar surface area (TPSA) is 67.2 Å². The van der Waals surface area contributed by atoms with Crippen LogP contribution in [0.3, 0.4) is 0 Å². The third-order valence-corrected chi connectivity index (χ3v) is 2.78. The number of aromatic nitrogens is 2. The van der Waals surface area contributed by atoms with Crippen LogP contribution < -0.4 is 5.32 Å². The van der Waals surface area contributed by atoms with E-state index in [1.807, 2.05) is 0 Å². The third kappa shape index (κ3) is 2.90. The van der Waals surface area contributed by atoms with Gasteiger partial charge in [-0.1, -0.05) is 0 Å². The molecule has 5 nitrogen and oxygen atoms in total. The van der Waals surface area contributed by atoms with Crippen LogP contribution in [0.5, 0.6) is 5.75 Å². The Morgan fingerprint density at radius 1 is 1.53 bits per heavy atom. The first kappa shape index (κ1) is 13.1. The van der Waals surface area contributed by atoms with E-state index in [-0.39, 0.29) is 17.4 Å². The van der Waals surface area contributed by atoms with Crippen LogP contribution in [0, 0.1) is 5.82 Å². The van der Waals surface area contributed by atoms with E-state index in [1.54, 1.807) is 31.0 Å². The van der Waals surface area contributed by atoms with Gasteiger partial charge in [0.15, 0.2) is 0 Å². The molecule has 0 aliphatic heterocycles. The van der Waals surface area contributed by atoms with E-state index in [0.29, 0.717) is 0 Å². The summed E-state index contributed by atoms with van der Waals surface area (Å²) >= 11 is 0. The number of hydrogen-bond acceptors (Lipinski definition) is 3. The number of carbonyl (C=O) groups is 1. The van der Waals surface area contributed by atoms with Crippen LogP contribution in [0.4, 0.5) is 4.39 Å². The van der Waals surface area contributed by atoms with Crippen LogP contribution in [0.15, 0.2) is 30.6 Å². The first-order valence-electron chi connectivity index (χ1n) is 5.75. The first-order chi connectivity index (χ1) is 8.97. The fourth-order valence-electron chi connectivity index (χ4n) is 1.72. The van der Waals surface area contributed by atoms with Crippen molar-refractivity contribution in [2.45, 2.75) is 13.0 Å². The molecular formula is C13H14FN3O2. The van der Waals surface area contributed by atoms with E-state index in [0.717, 1.165) is 17.7 Å². The molecule has 0 spiro atoms. The third-order valence-electron chi connectivity index (χ3n) is 2.78. The molecule has 2 aromatic rings. The van der Waals surface area contributed by atoms with Crippen molar-refractivity contribution in [2.24, 2.45) is 7.05 Å². The van der Waals surface area contributed by atoms with Gasteiger partial charge in [0, 0.05) is 24.9 Å². The molecule has 2 N–H and O–H groups in total. The van der Waals surface area contributed by atoms with Crippen molar-refractivity contribution < 1.29 is 14.3 Å². The number of aromatic hydroxyl groups is 1. The van der Waals surface area contributed by atoms with Crippen LogP contribution in [0.1, 0.15) is 28.9 Å². The largest absolute Gasteiger partial charge is 0.507 e. The maximum Gasteiger partial charge on any atom is 0.255 e. The van der Waals surface area contributed by atoms with Gasteiger partial charge in [-0.2, -0.15) is 5.10 Å². The summed E-state index contributed by atoms with van der Waals surface area (Å²) in [7, 11) is 1.78. The zero-order valence-corrected chi connectivity index (χ0v) is 10.6. The fourth-order valence-corrected chi connectivity index (χ4v) is 1.72. The van der Waals surface area contributed by atoms with E-state index in [1.165, 1.54) is 6.07 Å². The van der Waals surface area contributed by atoms with Gasteiger partial charge in [-0.15, -0.1) is 0 Å². The number of hydrogen-bond donors (Lipinski definition) is 2. The molecule has 0 aliphatic carbocycles. The Labute approximate surface area is 109 Å². The Kier molecular flexibility index (Phi) is 3.50. The summed E-state index contributed by atoms with van der Waals surface area (Å²) in [6.07, 6.45) is 3.44. The number of nitrogens with one attached hydrogen (secondary N) is 1. The minimum absolute atomic E-state index is 0.0390. The monoisotopic (exact) mass is 263 g/mol. The van der Waals surface area contributed by atoms with Crippen molar-refractivity contribution in [3.8, 4) is 5.75 Å². The second kappa shape index (κ2) is 5.09. The van der Waals surface area contributed by atoms with Gasteiger partial charge in [-0.25, -0.2) is 4.39 Å². The average molecular weight is 263 g/mol. The number of benzene rings is 1. The van der Waals surface area contributed by atoms with E-state index in [4.69, 9.17) is 0 Å². The lowest BCUT2D eigenvalue weighted by atomic mass is 10.1. The molecule has 0 saturated heterocycles. The summed E-state index contributed by atoms with van der Waals surface area (Å²) in [5.41, 5.74) is 0.884. The second-order valence-electron chi connectivity index (χ2n) is 4.30. The predicted molar refractivity (Wildman–Crippen MR) is 67.2 cm³/mol. The van der Waals surface area contributed by atoms with Gasteiger partial charge >= 0.3 is 0 Å². The molecule has 1 atom stereocenters. The maximum absolute atomic E-state index is 12.8. The Hall–Kier alpha value is -2.37.